The molecule has 15 aromatic carbocycles. The predicted molar refractivity (Wildman–Crippen MR) is 513 cm³/mol. The van der Waals surface area contributed by atoms with Crippen LogP contribution in [0.2, 0.25) is 31.7 Å². The van der Waals surface area contributed by atoms with Crippen molar-refractivity contribution in [1.29, 1.82) is 0 Å². The molecule has 5 heterocycles. The van der Waals surface area contributed by atoms with Crippen molar-refractivity contribution in [2.45, 2.75) is 11.8 Å². The Hall–Kier alpha value is -13.7. The van der Waals surface area contributed by atoms with E-state index in [0.717, 1.165) is 38.9 Å². The molecule has 2 bridgehead atoms. The minimum absolute atomic E-state index is 0.000000000000000444. The van der Waals surface area contributed by atoms with Gasteiger partial charge in [0.15, 0.2) is 45.3 Å². The lowest BCUT2D eigenvalue weighted by Gasteiger charge is -2.42. The first-order valence-corrected chi connectivity index (χ1v) is 46.7. The standard InChI is InChI=1S/C59H40N4Si.C33H24ClN3Si.C9H5Cl2N3.C3Cl3N3/c1-5-20-39(21-6-1)57-60-58(40-22-19-29-44(38-40)64(41-23-7-2-8-24-41,42-25-9-3-10-26-42)43-27-11-4-12-28-43)62-59(61-57)63-51-35-18-17-34-49(51)55-52(63)37-36-50-53-45-30-13-15-32-47(45)54(56(50)55)48-33-16-14-31-46(48)53;34-33-36-31(25-14-5-1-6-15-25)35-32(37-33)26-16-13-23-30(24-26)38(27-17-7-2-8-18-27,28-19-9-3-10-20-28)29-21-11-4-12-22-29;10-8-12-7(13-9(11)14-8)6-4-2-1-3-5-6;4-1-7-2(5)9-3(6)8-1/h1-38,53-54H;1-24H;1-5H;. The summed E-state index contributed by atoms with van der Waals surface area (Å²) in [6.45, 7) is 0. The number of fused-ring (bicyclic) bond motifs is 3. The van der Waals surface area contributed by atoms with Crippen molar-refractivity contribution in [3.8, 4) is 62.9 Å². The first-order chi connectivity index (χ1) is 61.5. The van der Waals surface area contributed by atoms with Crippen LogP contribution in [0.5, 0.6) is 0 Å². The van der Waals surface area contributed by atoms with Gasteiger partial charge in [-0.25, -0.2) is 9.97 Å². The molecule has 0 saturated carbocycles. The molecule has 600 valence electrons. The van der Waals surface area contributed by atoms with Crippen LogP contribution in [-0.4, -0.2) is 80.5 Å². The van der Waals surface area contributed by atoms with Gasteiger partial charge in [0.25, 0.3) is 0 Å². The highest BCUT2D eigenvalue weighted by atomic mass is 35.5. The maximum Gasteiger partial charge on any atom is 0.238 e. The van der Waals surface area contributed by atoms with Gasteiger partial charge in [0.2, 0.25) is 37.6 Å². The lowest BCUT2D eigenvalue weighted by Crippen LogP contribution is -2.74. The fourth-order valence-electron chi connectivity index (χ4n) is 17.7. The van der Waals surface area contributed by atoms with Crippen molar-refractivity contribution in [1.82, 2.24) is 64.4 Å². The van der Waals surface area contributed by atoms with Crippen LogP contribution < -0.4 is 41.5 Å². The molecule has 0 amide bonds. The Morgan fingerprint density at radius 2 is 0.464 bits per heavy atom. The number of hydrogen-bond donors (Lipinski definition) is 0. The largest absolute Gasteiger partial charge is 0.278 e. The number of para-hydroxylation sites is 1. The van der Waals surface area contributed by atoms with Crippen LogP contribution in [-0.2, 0) is 0 Å². The van der Waals surface area contributed by atoms with E-state index in [1.54, 1.807) is 0 Å². The number of benzene rings is 15. The van der Waals surface area contributed by atoms with Crippen molar-refractivity contribution in [3.63, 3.8) is 0 Å². The van der Waals surface area contributed by atoms with Gasteiger partial charge in [-0.15, -0.1) is 0 Å². The van der Waals surface area contributed by atoms with Crippen LogP contribution in [0.3, 0.4) is 0 Å². The van der Waals surface area contributed by atoms with Gasteiger partial charge in [-0.3, -0.25) is 4.57 Å². The molecule has 0 N–H and O–H groups in total. The topological polar surface area (TPSA) is 160 Å². The quantitative estimate of drug-likeness (QED) is 0.0750. The van der Waals surface area contributed by atoms with E-state index < -0.39 is 16.1 Å². The molecule has 5 aromatic heterocycles. The Bertz CT molecular complexity index is 6960. The second-order valence-electron chi connectivity index (χ2n) is 29.8. The van der Waals surface area contributed by atoms with Crippen molar-refractivity contribution < 1.29 is 0 Å². The molecule has 3 aliphatic rings. The summed E-state index contributed by atoms with van der Waals surface area (Å²) in [6.07, 6.45) is 0. The predicted octanol–water partition coefficient (Wildman–Crippen LogP) is 20.6. The molecule has 3 aliphatic carbocycles. The first kappa shape index (κ1) is 81.0. The van der Waals surface area contributed by atoms with E-state index in [4.69, 9.17) is 89.5 Å². The summed E-state index contributed by atoms with van der Waals surface area (Å²) in [5.74, 6) is 3.76. The number of halogens is 6. The van der Waals surface area contributed by atoms with Crippen molar-refractivity contribution in [2.75, 3.05) is 0 Å². The Morgan fingerprint density at radius 3 is 0.832 bits per heavy atom. The normalized spacial score (nSPS) is 12.9. The molecule has 0 radical (unpaired) electrons. The van der Waals surface area contributed by atoms with Gasteiger partial charge in [0, 0.05) is 50.4 Å². The number of rotatable bonds is 14. The van der Waals surface area contributed by atoms with Gasteiger partial charge in [-0.1, -0.05) is 394 Å². The first-order valence-electron chi connectivity index (χ1n) is 40.4. The van der Waals surface area contributed by atoms with Gasteiger partial charge in [-0.05, 0) is 157 Å². The molecular weight excluding hydrogens is 1700 g/mol. The van der Waals surface area contributed by atoms with Crippen LogP contribution in [0.25, 0.3) is 84.7 Å². The van der Waals surface area contributed by atoms with E-state index in [0.29, 0.717) is 35.1 Å². The minimum Gasteiger partial charge on any atom is -0.278 e. The van der Waals surface area contributed by atoms with Crippen LogP contribution in [0.15, 0.2) is 406 Å². The zero-order valence-electron chi connectivity index (χ0n) is 66.4. The summed E-state index contributed by atoms with van der Waals surface area (Å²) in [6, 6.07) is 145. The Kier molecular flexibility index (Phi) is 23.3. The smallest absolute Gasteiger partial charge is 0.238 e. The zero-order chi connectivity index (χ0) is 84.8. The average molecular weight is 1770 g/mol. The third-order valence-corrected chi connectivity index (χ3v) is 33.3. The van der Waals surface area contributed by atoms with Crippen molar-refractivity contribution in [2.24, 2.45) is 0 Å². The van der Waals surface area contributed by atoms with Gasteiger partial charge in [-0.2, -0.15) is 49.8 Å². The van der Waals surface area contributed by atoms with Gasteiger partial charge >= 0.3 is 0 Å². The summed E-state index contributed by atoms with van der Waals surface area (Å²) >= 11 is 33.7. The summed E-state index contributed by atoms with van der Waals surface area (Å²) in [4.78, 5) is 51.9. The van der Waals surface area contributed by atoms with Gasteiger partial charge < -0.3 is 0 Å². The Morgan fingerprint density at radius 1 is 0.200 bits per heavy atom. The number of aromatic nitrogens is 13. The van der Waals surface area contributed by atoms with Gasteiger partial charge in [0.05, 0.1) is 11.0 Å². The molecule has 125 heavy (non-hydrogen) atoms. The van der Waals surface area contributed by atoms with Crippen LogP contribution >= 0.6 is 69.6 Å². The van der Waals surface area contributed by atoms with Crippen molar-refractivity contribution >= 4 is 149 Å². The fraction of sp³-hybridized carbons (Fsp3) is 0.0192. The fourth-order valence-corrected chi connectivity index (χ4v) is 28.4. The lowest BCUT2D eigenvalue weighted by atomic mass is 9.60. The minimum atomic E-state index is -2.83. The van der Waals surface area contributed by atoms with Crippen LogP contribution in [0, 0.1) is 0 Å². The SMILES string of the molecule is Clc1nc(-c2ccccc2)nc(-c2cccc([Si](c3ccccc3)(c3ccccc3)c3ccccc3)c2)n1.Clc1nc(Cl)nc(-c2ccccc2)n1.Clc1nc(Cl)nc(Cl)n1.c1ccc(-c2nc(-c3cccc([Si](c4ccccc4)(c4ccccc4)c4ccccc4)c3)nc(-n3c4ccccc4c4c5c(ccc43)C3c4ccccc4C5c4ccccc43)n2)cc1. The molecule has 21 heteroatoms. The highest BCUT2D eigenvalue weighted by molar-refractivity contribution is 7.20. The monoisotopic (exact) mass is 1770 g/mol. The maximum absolute atomic E-state index is 6.41. The van der Waals surface area contributed by atoms with E-state index in [-0.39, 0.29) is 43.5 Å². The van der Waals surface area contributed by atoms with E-state index in [2.05, 4.69) is 378 Å². The number of hydrogen-bond acceptors (Lipinski definition) is 12. The molecule has 0 saturated heterocycles. The summed E-state index contributed by atoms with van der Waals surface area (Å²) in [5.41, 5.74) is 15.1. The van der Waals surface area contributed by atoms with Crippen LogP contribution in [0.4, 0.5) is 0 Å². The third-order valence-electron chi connectivity index (χ3n) is 22.8. The zero-order valence-corrected chi connectivity index (χ0v) is 73.0. The molecule has 20 aromatic rings. The molecule has 0 unspecified atom stereocenters. The second kappa shape index (κ2) is 36.0. The third kappa shape index (κ3) is 16.0. The van der Waals surface area contributed by atoms with E-state index in [1.807, 2.05) is 72.8 Å². The molecule has 0 fully saturated rings. The van der Waals surface area contributed by atoms with Crippen molar-refractivity contribution in [3.05, 3.63) is 472 Å². The maximum atomic E-state index is 6.41. The van der Waals surface area contributed by atoms with E-state index >= 15 is 0 Å². The molecular formula is C104H69Cl6N13Si2. The highest BCUT2D eigenvalue weighted by Crippen LogP contribution is 2.58. The molecule has 0 atom stereocenters. The molecule has 0 spiro atoms. The Labute approximate surface area is 753 Å². The van der Waals surface area contributed by atoms with E-state index in [9.17, 15) is 0 Å². The molecule has 0 aliphatic heterocycles. The van der Waals surface area contributed by atoms with E-state index in [1.165, 1.54) is 85.6 Å². The number of nitrogens with zero attached hydrogens (tertiary/aromatic N) is 13. The second-order valence-corrected chi connectivity index (χ2v) is 39.4. The summed E-state index contributed by atoms with van der Waals surface area (Å²) < 4.78 is 2.28. The molecule has 23 rings (SSSR count). The Balaban J connectivity index is 0.000000140. The highest BCUT2D eigenvalue weighted by Gasteiger charge is 2.45. The van der Waals surface area contributed by atoms with Crippen LogP contribution in [0.1, 0.15) is 45.2 Å². The van der Waals surface area contributed by atoms with Gasteiger partial charge in [0.1, 0.15) is 0 Å². The summed E-state index contributed by atoms with van der Waals surface area (Å²) in [7, 11) is -5.49. The lowest BCUT2D eigenvalue weighted by molar-refractivity contribution is 0.761. The average Bonchev–Trinajstić information content (AvgIpc) is 1.64. The molecule has 13 nitrogen and oxygen atoms in total. The summed E-state index contributed by atoms with van der Waals surface area (Å²) in [5, 5.41) is 13.2.